The van der Waals surface area contributed by atoms with E-state index in [4.69, 9.17) is 9.15 Å². The lowest BCUT2D eigenvalue weighted by atomic mass is 10.0. The predicted octanol–water partition coefficient (Wildman–Crippen LogP) is 3.66. The van der Waals surface area contributed by atoms with Crippen molar-refractivity contribution >= 4 is 5.97 Å². The molecule has 1 heterocycles. The Morgan fingerprint density at radius 2 is 1.95 bits per heavy atom. The van der Waals surface area contributed by atoms with Crippen molar-refractivity contribution in [1.29, 1.82) is 0 Å². The number of nitrogens with one attached hydrogen (secondary N) is 1. The van der Waals surface area contributed by atoms with E-state index in [1.54, 1.807) is 12.1 Å². The van der Waals surface area contributed by atoms with Crippen LogP contribution in [0.1, 0.15) is 26.0 Å². The molecule has 1 aromatic heterocycles. The van der Waals surface area contributed by atoms with E-state index < -0.39 is 12.0 Å². The number of carbonyl (C=O) groups is 1. The molecule has 0 bridgehead atoms. The van der Waals surface area contributed by atoms with Crippen molar-refractivity contribution in [2.45, 2.75) is 32.9 Å². The molecule has 0 spiro atoms. The molecule has 2 rings (SSSR count). The number of carboxylic acids is 1. The molecule has 0 aliphatic rings. The molecule has 0 radical (unpaired) electrons. The highest BCUT2D eigenvalue weighted by molar-refractivity contribution is 5.73. The van der Waals surface area contributed by atoms with Gasteiger partial charge in [0.25, 0.3) is 5.95 Å². The summed E-state index contributed by atoms with van der Waals surface area (Å²) >= 11 is 0. The lowest BCUT2D eigenvalue weighted by molar-refractivity contribution is -0.140. The Bertz CT molecular complexity index is 592. The van der Waals surface area contributed by atoms with Crippen LogP contribution in [-0.2, 0) is 11.3 Å². The highest BCUT2D eigenvalue weighted by Gasteiger charge is 2.18. The molecule has 0 aliphatic carbocycles. The zero-order valence-electron chi connectivity index (χ0n) is 12.8. The maximum Gasteiger partial charge on any atom is 0.320 e. The van der Waals surface area contributed by atoms with E-state index in [0.717, 1.165) is 0 Å². The molecular formula is C17H21NO4. The molecule has 5 nitrogen and oxygen atoms in total. The van der Waals surface area contributed by atoms with Crippen molar-refractivity contribution in [3.8, 4) is 11.7 Å². The van der Waals surface area contributed by atoms with Gasteiger partial charge < -0.3 is 14.3 Å². The average Bonchev–Trinajstić information content (AvgIpc) is 2.91. The lowest BCUT2D eigenvalue weighted by Crippen LogP contribution is -2.37. The van der Waals surface area contributed by atoms with Crippen LogP contribution < -0.4 is 10.1 Å². The van der Waals surface area contributed by atoms with Crippen molar-refractivity contribution in [3.05, 3.63) is 48.2 Å². The van der Waals surface area contributed by atoms with Crippen LogP contribution in [0.15, 0.2) is 46.9 Å². The topological polar surface area (TPSA) is 71.7 Å². The quantitative estimate of drug-likeness (QED) is 0.778. The van der Waals surface area contributed by atoms with E-state index in [1.807, 2.05) is 44.2 Å². The Morgan fingerprint density at radius 3 is 2.59 bits per heavy atom. The van der Waals surface area contributed by atoms with E-state index in [2.05, 4.69) is 5.32 Å². The van der Waals surface area contributed by atoms with Crippen molar-refractivity contribution in [1.82, 2.24) is 5.32 Å². The van der Waals surface area contributed by atoms with E-state index in [-0.39, 0.29) is 0 Å². The van der Waals surface area contributed by atoms with Crippen LogP contribution in [-0.4, -0.2) is 17.1 Å². The molecule has 2 aromatic rings. The first-order chi connectivity index (χ1) is 10.5. The van der Waals surface area contributed by atoms with Gasteiger partial charge in [-0.3, -0.25) is 10.1 Å². The fourth-order valence-electron chi connectivity index (χ4n) is 2.08. The smallest absolute Gasteiger partial charge is 0.320 e. The Labute approximate surface area is 129 Å². The summed E-state index contributed by atoms with van der Waals surface area (Å²) in [5.74, 6) is 1.18. The monoisotopic (exact) mass is 303 g/mol. The first-order valence-corrected chi connectivity index (χ1v) is 7.32. The predicted molar refractivity (Wildman–Crippen MR) is 82.9 cm³/mol. The van der Waals surface area contributed by atoms with E-state index in [9.17, 15) is 9.90 Å². The third kappa shape index (κ3) is 4.93. The Morgan fingerprint density at radius 1 is 1.23 bits per heavy atom. The average molecular weight is 303 g/mol. The zero-order valence-corrected chi connectivity index (χ0v) is 12.8. The van der Waals surface area contributed by atoms with Crippen LogP contribution in [0.4, 0.5) is 0 Å². The molecule has 1 atom stereocenters. The number of carboxylic acid groups (broad SMARTS) is 1. The summed E-state index contributed by atoms with van der Waals surface area (Å²) in [7, 11) is 0. The van der Waals surface area contributed by atoms with Gasteiger partial charge in [0.05, 0.1) is 6.54 Å². The fraction of sp³-hybridized carbons (Fsp3) is 0.353. The van der Waals surface area contributed by atoms with Gasteiger partial charge in [-0.25, -0.2) is 0 Å². The number of hydrogen-bond acceptors (Lipinski definition) is 4. The van der Waals surface area contributed by atoms with Gasteiger partial charge in [0.2, 0.25) is 0 Å². The van der Waals surface area contributed by atoms with Crippen LogP contribution >= 0.6 is 0 Å². The van der Waals surface area contributed by atoms with Crippen molar-refractivity contribution in [2.75, 3.05) is 0 Å². The van der Waals surface area contributed by atoms with Crippen LogP contribution in [0.3, 0.4) is 0 Å². The summed E-state index contributed by atoms with van der Waals surface area (Å²) in [4.78, 5) is 11.2. The number of rotatable bonds is 8. The maximum atomic E-state index is 11.2. The largest absolute Gasteiger partial charge is 0.480 e. The zero-order chi connectivity index (χ0) is 15.9. The molecule has 22 heavy (non-hydrogen) atoms. The molecular weight excluding hydrogens is 282 g/mol. The maximum absolute atomic E-state index is 11.2. The second-order valence-electron chi connectivity index (χ2n) is 5.54. The van der Waals surface area contributed by atoms with Crippen molar-refractivity contribution < 1.29 is 19.1 Å². The van der Waals surface area contributed by atoms with E-state index in [0.29, 0.717) is 36.3 Å². The fourth-order valence-corrected chi connectivity index (χ4v) is 2.08. The van der Waals surface area contributed by atoms with Gasteiger partial charge in [0.15, 0.2) is 0 Å². The second kappa shape index (κ2) is 7.66. The molecule has 118 valence electrons. The SMILES string of the molecule is CC(C)C[C@@H](NCc1ccc(Oc2ccccc2)o1)C(=O)O. The summed E-state index contributed by atoms with van der Waals surface area (Å²) in [6.07, 6.45) is 0.573. The molecule has 0 saturated heterocycles. The highest BCUT2D eigenvalue weighted by atomic mass is 16.6. The minimum Gasteiger partial charge on any atom is -0.480 e. The molecule has 1 aromatic carbocycles. The minimum absolute atomic E-state index is 0.308. The molecule has 0 saturated carbocycles. The first-order valence-electron chi connectivity index (χ1n) is 7.32. The van der Waals surface area contributed by atoms with Crippen molar-refractivity contribution in [2.24, 2.45) is 5.92 Å². The lowest BCUT2D eigenvalue weighted by Gasteiger charge is -2.15. The molecule has 2 N–H and O–H groups in total. The molecule has 0 unspecified atom stereocenters. The van der Waals surface area contributed by atoms with Crippen LogP contribution in [0, 0.1) is 5.92 Å². The van der Waals surface area contributed by atoms with Crippen LogP contribution in [0.2, 0.25) is 0 Å². The summed E-state index contributed by atoms with van der Waals surface area (Å²) in [5, 5.41) is 12.2. The number of ether oxygens (including phenoxy) is 1. The van der Waals surface area contributed by atoms with Gasteiger partial charge in [-0.15, -0.1) is 0 Å². The van der Waals surface area contributed by atoms with Crippen LogP contribution in [0.25, 0.3) is 0 Å². The summed E-state index contributed by atoms with van der Waals surface area (Å²) < 4.78 is 11.1. The first kappa shape index (κ1) is 16.1. The number of aliphatic carboxylic acids is 1. The number of hydrogen-bond donors (Lipinski definition) is 2. The highest BCUT2D eigenvalue weighted by Crippen LogP contribution is 2.23. The van der Waals surface area contributed by atoms with Gasteiger partial charge in [0, 0.05) is 6.07 Å². The van der Waals surface area contributed by atoms with E-state index in [1.165, 1.54) is 0 Å². The number of para-hydroxylation sites is 1. The molecule has 0 fully saturated rings. The molecule has 5 heteroatoms. The Kier molecular flexibility index (Phi) is 5.61. The second-order valence-corrected chi connectivity index (χ2v) is 5.54. The summed E-state index contributed by atoms with van der Waals surface area (Å²) in [5.41, 5.74) is 0. The van der Waals surface area contributed by atoms with Crippen LogP contribution in [0.5, 0.6) is 11.7 Å². The number of furan rings is 1. The summed E-state index contributed by atoms with van der Waals surface area (Å²) in [6.45, 7) is 4.34. The minimum atomic E-state index is -0.846. The van der Waals surface area contributed by atoms with Crippen molar-refractivity contribution in [3.63, 3.8) is 0 Å². The molecule has 0 amide bonds. The standard InChI is InChI=1S/C17H21NO4/c1-12(2)10-15(17(19)20)18-11-14-8-9-16(22-14)21-13-6-4-3-5-7-13/h3-9,12,15,18H,10-11H2,1-2H3,(H,19,20)/t15-/m1/s1. The normalized spacial score (nSPS) is 12.3. The Hall–Kier alpha value is -2.27. The van der Waals surface area contributed by atoms with Gasteiger partial charge in [-0.05, 0) is 30.5 Å². The van der Waals surface area contributed by atoms with Gasteiger partial charge in [-0.1, -0.05) is 32.0 Å². The Balaban J connectivity index is 1.90. The molecule has 0 aliphatic heterocycles. The van der Waals surface area contributed by atoms with Gasteiger partial charge in [-0.2, -0.15) is 0 Å². The summed E-state index contributed by atoms with van der Waals surface area (Å²) in [6, 6.07) is 12.3. The van der Waals surface area contributed by atoms with Gasteiger partial charge in [0.1, 0.15) is 17.6 Å². The third-order valence-corrected chi connectivity index (χ3v) is 3.13. The van der Waals surface area contributed by atoms with Gasteiger partial charge >= 0.3 is 5.97 Å². The van der Waals surface area contributed by atoms with E-state index >= 15 is 0 Å². The number of benzene rings is 1. The third-order valence-electron chi connectivity index (χ3n) is 3.13.